The minimum absolute atomic E-state index is 0.0431. The van der Waals surface area contributed by atoms with Gasteiger partial charge in [0.25, 0.3) is 5.91 Å². The van der Waals surface area contributed by atoms with Gasteiger partial charge in [-0.15, -0.1) is 0 Å². The minimum Gasteiger partial charge on any atom is -0.381 e. The number of aromatic nitrogens is 4. The number of sulfone groups is 1. The molecule has 0 radical (unpaired) electrons. The molecule has 0 spiro atoms. The standard InChI is InChI=1S/C27H23FN6O3S/c1-15-8-10-30-21-7-4-17(12-20(15)21)24-23(16-2-5-18(28)6-3-16)33-25(29)26-32-22(13-34(24)26)27(35)31-19-9-11-38(36,37)14-19/h2-8,10,12-13,19H,9,11,14H2,1H3,(H2,29,33)(H,31,35). The van der Waals surface area contributed by atoms with E-state index in [-0.39, 0.29) is 34.5 Å². The monoisotopic (exact) mass is 530 g/mol. The van der Waals surface area contributed by atoms with E-state index in [9.17, 15) is 17.6 Å². The number of hydrogen-bond acceptors (Lipinski definition) is 7. The van der Waals surface area contributed by atoms with Gasteiger partial charge in [-0.2, -0.15) is 0 Å². The predicted molar refractivity (Wildman–Crippen MR) is 143 cm³/mol. The SMILES string of the molecule is Cc1ccnc2ccc(-c3c(-c4ccc(F)cc4)nc(N)c4nc(C(=O)NC5CCS(=O)(=O)C5)cn34)cc12. The molecule has 1 amide bonds. The normalized spacial score (nSPS) is 16.7. The van der Waals surface area contributed by atoms with Crippen molar-refractivity contribution < 1.29 is 17.6 Å². The summed E-state index contributed by atoms with van der Waals surface area (Å²) in [6, 6.07) is 13.2. The molecule has 4 heterocycles. The van der Waals surface area contributed by atoms with Crippen LogP contribution in [0.3, 0.4) is 0 Å². The summed E-state index contributed by atoms with van der Waals surface area (Å²) in [6.07, 6.45) is 3.67. The zero-order chi connectivity index (χ0) is 26.6. The third kappa shape index (κ3) is 4.24. The summed E-state index contributed by atoms with van der Waals surface area (Å²) in [5.41, 5.74) is 11.0. The Kier molecular flexibility index (Phi) is 5.60. The summed E-state index contributed by atoms with van der Waals surface area (Å²) in [4.78, 5) is 26.6. The van der Waals surface area contributed by atoms with E-state index in [1.165, 1.54) is 12.1 Å². The fourth-order valence-electron chi connectivity index (χ4n) is 4.86. The molecule has 192 valence electrons. The molecule has 0 aliphatic carbocycles. The van der Waals surface area contributed by atoms with E-state index >= 15 is 0 Å². The molecule has 0 bridgehead atoms. The van der Waals surface area contributed by atoms with Gasteiger partial charge in [0, 0.05) is 34.9 Å². The lowest BCUT2D eigenvalue weighted by atomic mass is 10.0. The van der Waals surface area contributed by atoms with Crippen LogP contribution in [0.1, 0.15) is 22.5 Å². The maximum atomic E-state index is 13.7. The zero-order valence-electron chi connectivity index (χ0n) is 20.3. The second kappa shape index (κ2) is 8.88. The van der Waals surface area contributed by atoms with Crippen molar-refractivity contribution in [3.63, 3.8) is 0 Å². The number of nitrogens with zero attached hydrogens (tertiary/aromatic N) is 4. The molecule has 1 saturated heterocycles. The van der Waals surface area contributed by atoms with Crippen LogP contribution in [-0.2, 0) is 9.84 Å². The van der Waals surface area contributed by atoms with Crippen molar-refractivity contribution in [3.8, 4) is 22.5 Å². The summed E-state index contributed by atoms with van der Waals surface area (Å²) < 4.78 is 39.1. The van der Waals surface area contributed by atoms with E-state index in [1.54, 1.807) is 28.9 Å². The van der Waals surface area contributed by atoms with Crippen LogP contribution in [0.4, 0.5) is 10.2 Å². The second-order valence-corrected chi connectivity index (χ2v) is 11.7. The van der Waals surface area contributed by atoms with Gasteiger partial charge in [-0.1, -0.05) is 6.07 Å². The lowest BCUT2D eigenvalue weighted by Crippen LogP contribution is -2.35. The fourth-order valence-corrected chi connectivity index (χ4v) is 6.54. The number of nitrogens with two attached hydrogens (primary N) is 1. The Bertz CT molecular complexity index is 1850. The first kappa shape index (κ1) is 24.0. The van der Waals surface area contributed by atoms with Crippen molar-refractivity contribution in [3.05, 3.63) is 78.0 Å². The van der Waals surface area contributed by atoms with Crippen molar-refractivity contribution in [1.82, 2.24) is 24.7 Å². The molecule has 1 atom stereocenters. The van der Waals surface area contributed by atoms with Crippen LogP contribution < -0.4 is 11.1 Å². The first-order valence-corrected chi connectivity index (χ1v) is 13.8. The number of halogens is 1. The number of carbonyl (C=O) groups excluding carboxylic acids is 1. The summed E-state index contributed by atoms with van der Waals surface area (Å²) in [7, 11) is -3.16. The highest BCUT2D eigenvalue weighted by molar-refractivity contribution is 7.91. The zero-order valence-corrected chi connectivity index (χ0v) is 21.2. The van der Waals surface area contributed by atoms with Gasteiger partial charge >= 0.3 is 0 Å². The van der Waals surface area contributed by atoms with Crippen LogP contribution >= 0.6 is 0 Å². The van der Waals surface area contributed by atoms with Crippen molar-refractivity contribution >= 4 is 38.1 Å². The number of imidazole rings is 1. The number of carbonyl (C=O) groups is 1. The number of anilines is 1. The fraction of sp³-hybridized carbons (Fsp3) is 0.185. The summed E-state index contributed by atoms with van der Waals surface area (Å²) in [6.45, 7) is 1.99. The maximum Gasteiger partial charge on any atom is 0.271 e. The van der Waals surface area contributed by atoms with E-state index in [2.05, 4.69) is 20.3 Å². The molecule has 1 aliphatic rings. The molecule has 0 saturated carbocycles. The van der Waals surface area contributed by atoms with Gasteiger partial charge in [0.05, 0.1) is 28.4 Å². The highest BCUT2D eigenvalue weighted by Crippen LogP contribution is 2.35. The Morgan fingerprint density at radius 1 is 1.11 bits per heavy atom. The Morgan fingerprint density at radius 3 is 2.61 bits per heavy atom. The van der Waals surface area contributed by atoms with Crippen LogP contribution in [0, 0.1) is 12.7 Å². The van der Waals surface area contributed by atoms with Crippen LogP contribution in [-0.4, -0.2) is 51.2 Å². The van der Waals surface area contributed by atoms with Gasteiger partial charge in [-0.3, -0.25) is 14.2 Å². The molecular formula is C27H23FN6O3S. The van der Waals surface area contributed by atoms with Crippen LogP contribution in [0.2, 0.25) is 0 Å². The number of pyridine rings is 1. The van der Waals surface area contributed by atoms with Crippen molar-refractivity contribution in [2.75, 3.05) is 17.2 Å². The minimum atomic E-state index is -3.16. The quantitative estimate of drug-likeness (QED) is 0.363. The third-order valence-corrected chi connectivity index (χ3v) is 8.55. The van der Waals surface area contributed by atoms with Crippen LogP contribution in [0.25, 0.3) is 39.1 Å². The summed E-state index contributed by atoms with van der Waals surface area (Å²) in [5, 5.41) is 3.71. The van der Waals surface area contributed by atoms with E-state index < -0.39 is 21.8 Å². The van der Waals surface area contributed by atoms with Crippen LogP contribution in [0.5, 0.6) is 0 Å². The Balaban J connectivity index is 1.54. The van der Waals surface area contributed by atoms with Crippen molar-refractivity contribution in [2.24, 2.45) is 0 Å². The number of aryl methyl sites for hydroxylation is 1. The highest BCUT2D eigenvalue weighted by Gasteiger charge is 2.30. The molecule has 1 fully saturated rings. The lowest BCUT2D eigenvalue weighted by molar-refractivity contribution is 0.0936. The van der Waals surface area contributed by atoms with E-state index in [0.29, 0.717) is 23.4 Å². The summed E-state index contributed by atoms with van der Waals surface area (Å²) >= 11 is 0. The van der Waals surface area contributed by atoms with Gasteiger partial charge in [-0.05, 0) is 61.4 Å². The highest BCUT2D eigenvalue weighted by atomic mass is 32.2. The summed E-state index contributed by atoms with van der Waals surface area (Å²) in [5.74, 6) is -0.841. The number of benzene rings is 2. The number of nitrogen functional groups attached to an aromatic ring is 1. The number of amides is 1. The Morgan fingerprint density at radius 2 is 1.87 bits per heavy atom. The van der Waals surface area contributed by atoms with E-state index in [4.69, 9.17) is 5.73 Å². The molecule has 5 aromatic rings. The van der Waals surface area contributed by atoms with Crippen LogP contribution in [0.15, 0.2) is 60.9 Å². The van der Waals surface area contributed by atoms with Crippen molar-refractivity contribution in [1.29, 1.82) is 0 Å². The molecule has 3 N–H and O–H groups in total. The van der Waals surface area contributed by atoms with Gasteiger partial charge in [0.1, 0.15) is 11.5 Å². The Hall–Kier alpha value is -4.38. The number of rotatable bonds is 4. The lowest BCUT2D eigenvalue weighted by Gasteiger charge is -2.14. The molecular weight excluding hydrogens is 507 g/mol. The first-order chi connectivity index (χ1) is 18.2. The third-order valence-electron chi connectivity index (χ3n) is 6.78. The molecule has 38 heavy (non-hydrogen) atoms. The van der Waals surface area contributed by atoms with E-state index in [0.717, 1.165) is 22.0 Å². The van der Waals surface area contributed by atoms with Gasteiger partial charge in [0.15, 0.2) is 21.3 Å². The largest absolute Gasteiger partial charge is 0.381 e. The number of hydrogen-bond donors (Lipinski definition) is 2. The number of nitrogens with one attached hydrogen (secondary N) is 1. The molecule has 9 nitrogen and oxygen atoms in total. The topological polar surface area (TPSA) is 132 Å². The maximum absolute atomic E-state index is 13.7. The average molecular weight is 531 g/mol. The molecule has 1 unspecified atom stereocenters. The predicted octanol–water partition coefficient (Wildman–Crippen LogP) is 3.56. The Labute approximate surface area is 217 Å². The average Bonchev–Trinajstić information content (AvgIpc) is 3.48. The van der Waals surface area contributed by atoms with Gasteiger partial charge < -0.3 is 11.1 Å². The van der Waals surface area contributed by atoms with Gasteiger partial charge in [0.2, 0.25) is 0 Å². The van der Waals surface area contributed by atoms with Gasteiger partial charge in [-0.25, -0.2) is 22.8 Å². The number of fused-ring (bicyclic) bond motifs is 2. The molecule has 1 aliphatic heterocycles. The molecule has 2 aromatic carbocycles. The second-order valence-electron chi connectivity index (χ2n) is 9.45. The molecule has 11 heteroatoms. The smallest absolute Gasteiger partial charge is 0.271 e. The van der Waals surface area contributed by atoms with E-state index in [1.807, 2.05) is 31.2 Å². The molecule has 6 rings (SSSR count). The van der Waals surface area contributed by atoms with Crippen molar-refractivity contribution in [2.45, 2.75) is 19.4 Å². The molecule has 3 aromatic heterocycles. The first-order valence-electron chi connectivity index (χ1n) is 12.0.